The lowest BCUT2D eigenvalue weighted by molar-refractivity contribution is -0.117. The van der Waals surface area contributed by atoms with Crippen molar-refractivity contribution in [3.8, 4) is 0 Å². The summed E-state index contributed by atoms with van der Waals surface area (Å²) in [5, 5.41) is 2.94. The number of hydrogen-bond donors (Lipinski definition) is 1. The molecule has 0 saturated carbocycles. The van der Waals surface area contributed by atoms with Crippen LogP contribution in [-0.4, -0.2) is 67.7 Å². The molecule has 1 amide bonds. The van der Waals surface area contributed by atoms with Gasteiger partial charge in [-0.25, -0.2) is 0 Å². The van der Waals surface area contributed by atoms with E-state index < -0.39 is 0 Å². The lowest BCUT2D eigenvalue weighted by Gasteiger charge is -2.35. The smallest absolute Gasteiger partial charge is 0.238 e. The molecule has 1 N–H and O–H groups in total. The van der Waals surface area contributed by atoms with Crippen molar-refractivity contribution in [2.45, 2.75) is 18.9 Å². The molecule has 0 aliphatic carbocycles. The number of rotatable bonds is 5. The van der Waals surface area contributed by atoms with Crippen molar-refractivity contribution >= 4 is 11.6 Å². The number of hydrogen-bond acceptors (Lipinski definition) is 4. The highest BCUT2D eigenvalue weighted by atomic mass is 16.5. The highest BCUT2D eigenvalue weighted by molar-refractivity contribution is 5.92. The van der Waals surface area contributed by atoms with Gasteiger partial charge in [-0.15, -0.1) is 0 Å². The molecular weight excluding hydrogens is 278 g/mol. The fourth-order valence-electron chi connectivity index (χ4n) is 3.13. The summed E-state index contributed by atoms with van der Waals surface area (Å²) in [5.74, 6) is 0.0683. The van der Waals surface area contributed by atoms with Crippen molar-refractivity contribution in [2.24, 2.45) is 0 Å². The van der Waals surface area contributed by atoms with Gasteiger partial charge >= 0.3 is 0 Å². The first-order chi connectivity index (χ1) is 10.8. The highest BCUT2D eigenvalue weighted by Crippen LogP contribution is 2.14. The average molecular weight is 303 g/mol. The van der Waals surface area contributed by atoms with Crippen molar-refractivity contribution in [1.82, 2.24) is 9.80 Å². The monoisotopic (exact) mass is 303 g/mol. The molecule has 1 aromatic carbocycles. The standard InChI is InChI=1S/C17H25N3O2/c21-17(18-15-5-2-1-3-6-15)14-20-10-8-19(9-11-20)13-16-7-4-12-22-16/h1-3,5-6,16H,4,7-14H2,(H,18,21). The van der Waals surface area contributed by atoms with Gasteiger partial charge in [0.2, 0.25) is 5.91 Å². The van der Waals surface area contributed by atoms with Crippen LogP contribution in [0.25, 0.3) is 0 Å². The molecule has 22 heavy (non-hydrogen) atoms. The lowest BCUT2D eigenvalue weighted by atomic mass is 10.2. The van der Waals surface area contributed by atoms with E-state index in [2.05, 4.69) is 15.1 Å². The molecule has 2 heterocycles. The predicted octanol–water partition coefficient (Wildman–Crippen LogP) is 1.42. The van der Waals surface area contributed by atoms with Gasteiger partial charge in [-0.3, -0.25) is 14.6 Å². The topological polar surface area (TPSA) is 44.8 Å². The van der Waals surface area contributed by atoms with E-state index in [9.17, 15) is 4.79 Å². The number of benzene rings is 1. The van der Waals surface area contributed by atoms with Crippen molar-refractivity contribution in [3.05, 3.63) is 30.3 Å². The largest absolute Gasteiger partial charge is 0.377 e. The van der Waals surface area contributed by atoms with E-state index in [0.717, 1.165) is 45.0 Å². The minimum absolute atomic E-state index is 0.0683. The van der Waals surface area contributed by atoms with Crippen molar-refractivity contribution < 1.29 is 9.53 Å². The Morgan fingerprint density at radius 2 is 1.86 bits per heavy atom. The Morgan fingerprint density at radius 3 is 2.55 bits per heavy atom. The van der Waals surface area contributed by atoms with Crippen LogP contribution in [0.4, 0.5) is 5.69 Å². The van der Waals surface area contributed by atoms with Crippen LogP contribution in [0.1, 0.15) is 12.8 Å². The number of piperazine rings is 1. The number of amides is 1. The first kappa shape index (κ1) is 15.5. The normalized spacial score (nSPS) is 23.5. The quantitative estimate of drug-likeness (QED) is 0.893. The van der Waals surface area contributed by atoms with Crippen LogP contribution in [0, 0.1) is 0 Å². The molecule has 5 heteroatoms. The van der Waals surface area contributed by atoms with E-state index in [4.69, 9.17) is 4.74 Å². The summed E-state index contributed by atoms with van der Waals surface area (Å²) in [4.78, 5) is 16.7. The first-order valence-corrected chi connectivity index (χ1v) is 8.21. The Morgan fingerprint density at radius 1 is 1.14 bits per heavy atom. The number of nitrogens with zero attached hydrogens (tertiary/aromatic N) is 2. The van der Waals surface area contributed by atoms with Crippen molar-refractivity contribution in [1.29, 1.82) is 0 Å². The molecule has 2 saturated heterocycles. The Balaban J connectivity index is 1.37. The second-order valence-electron chi connectivity index (χ2n) is 6.13. The number of para-hydroxylation sites is 1. The van der Waals surface area contributed by atoms with Crippen molar-refractivity contribution in [2.75, 3.05) is 51.2 Å². The fourth-order valence-corrected chi connectivity index (χ4v) is 3.13. The number of carbonyl (C=O) groups excluding carboxylic acids is 1. The van der Waals surface area contributed by atoms with Gasteiger partial charge in [0.15, 0.2) is 0 Å². The van der Waals surface area contributed by atoms with Crippen LogP contribution < -0.4 is 5.32 Å². The van der Waals surface area contributed by atoms with Crippen LogP contribution in [-0.2, 0) is 9.53 Å². The SMILES string of the molecule is O=C(CN1CCN(CC2CCCO2)CC1)Nc1ccccc1. The predicted molar refractivity (Wildman–Crippen MR) is 86.9 cm³/mol. The molecule has 1 atom stereocenters. The Labute approximate surface area is 132 Å². The maximum absolute atomic E-state index is 12.1. The molecule has 5 nitrogen and oxygen atoms in total. The number of nitrogens with one attached hydrogen (secondary N) is 1. The van der Waals surface area contributed by atoms with Gasteiger partial charge in [-0.05, 0) is 25.0 Å². The van der Waals surface area contributed by atoms with Gasteiger partial charge in [0, 0.05) is 45.0 Å². The van der Waals surface area contributed by atoms with E-state index in [1.807, 2.05) is 30.3 Å². The summed E-state index contributed by atoms with van der Waals surface area (Å²) in [6.45, 7) is 6.40. The maximum Gasteiger partial charge on any atom is 0.238 e. The van der Waals surface area contributed by atoms with E-state index in [0.29, 0.717) is 12.6 Å². The molecule has 2 fully saturated rings. The minimum atomic E-state index is 0.0683. The second kappa shape index (κ2) is 7.72. The van der Waals surface area contributed by atoms with Crippen LogP contribution in [0.15, 0.2) is 30.3 Å². The molecule has 3 rings (SSSR count). The maximum atomic E-state index is 12.1. The van der Waals surface area contributed by atoms with Gasteiger partial charge < -0.3 is 10.1 Å². The zero-order valence-corrected chi connectivity index (χ0v) is 13.0. The fraction of sp³-hybridized carbons (Fsp3) is 0.588. The van der Waals surface area contributed by atoms with Crippen LogP contribution in [0.5, 0.6) is 0 Å². The summed E-state index contributed by atoms with van der Waals surface area (Å²) < 4.78 is 5.69. The molecule has 120 valence electrons. The molecule has 0 spiro atoms. The lowest BCUT2D eigenvalue weighted by Crippen LogP contribution is -2.50. The second-order valence-corrected chi connectivity index (χ2v) is 6.13. The summed E-state index contributed by atoms with van der Waals surface area (Å²) in [7, 11) is 0. The Bertz CT molecular complexity index is 466. The minimum Gasteiger partial charge on any atom is -0.377 e. The van der Waals surface area contributed by atoms with Gasteiger partial charge in [-0.2, -0.15) is 0 Å². The molecule has 0 radical (unpaired) electrons. The molecule has 0 aromatic heterocycles. The summed E-state index contributed by atoms with van der Waals surface area (Å²) >= 11 is 0. The number of ether oxygens (including phenoxy) is 1. The van der Waals surface area contributed by atoms with Gasteiger partial charge in [0.1, 0.15) is 0 Å². The molecule has 1 aromatic rings. The van der Waals surface area contributed by atoms with Crippen LogP contribution >= 0.6 is 0 Å². The molecule has 1 unspecified atom stereocenters. The number of carbonyl (C=O) groups is 1. The summed E-state index contributed by atoms with van der Waals surface area (Å²) in [6, 6.07) is 9.64. The third kappa shape index (κ3) is 4.53. The van der Waals surface area contributed by atoms with Crippen molar-refractivity contribution in [3.63, 3.8) is 0 Å². The van der Waals surface area contributed by atoms with Gasteiger partial charge in [-0.1, -0.05) is 18.2 Å². The van der Waals surface area contributed by atoms with Gasteiger partial charge in [0.25, 0.3) is 0 Å². The third-order valence-corrected chi connectivity index (χ3v) is 4.38. The van der Waals surface area contributed by atoms with Crippen LogP contribution in [0.2, 0.25) is 0 Å². The van der Waals surface area contributed by atoms with E-state index in [-0.39, 0.29) is 5.91 Å². The van der Waals surface area contributed by atoms with Crippen LogP contribution in [0.3, 0.4) is 0 Å². The molecule has 0 bridgehead atoms. The zero-order valence-electron chi connectivity index (χ0n) is 13.0. The molecule has 2 aliphatic heterocycles. The highest BCUT2D eigenvalue weighted by Gasteiger charge is 2.23. The van der Waals surface area contributed by atoms with E-state index in [1.165, 1.54) is 12.8 Å². The Hall–Kier alpha value is -1.43. The first-order valence-electron chi connectivity index (χ1n) is 8.21. The van der Waals surface area contributed by atoms with E-state index in [1.54, 1.807) is 0 Å². The summed E-state index contributed by atoms with van der Waals surface area (Å²) in [6.07, 6.45) is 2.82. The van der Waals surface area contributed by atoms with E-state index >= 15 is 0 Å². The Kier molecular flexibility index (Phi) is 5.43. The zero-order chi connectivity index (χ0) is 15.2. The molecule has 2 aliphatic rings. The third-order valence-electron chi connectivity index (χ3n) is 4.38. The average Bonchev–Trinajstić information content (AvgIpc) is 3.03. The molecular formula is C17H25N3O2. The van der Waals surface area contributed by atoms with Gasteiger partial charge in [0.05, 0.1) is 12.6 Å². The summed E-state index contributed by atoms with van der Waals surface area (Å²) in [5.41, 5.74) is 0.865. The number of anilines is 1.